The summed E-state index contributed by atoms with van der Waals surface area (Å²) < 4.78 is 7.27. The fraction of sp³-hybridized carbons (Fsp3) is 0.250. The summed E-state index contributed by atoms with van der Waals surface area (Å²) in [6.45, 7) is 1.97. The van der Waals surface area contributed by atoms with Gasteiger partial charge in [0.1, 0.15) is 11.3 Å². The maximum atomic E-state index is 7.27. The van der Waals surface area contributed by atoms with Crippen molar-refractivity contribution in [3.8, 4) is 0 Å². The Kier molecular flexibility index (Phi) is 1.40. The van der Waals surface area contributed by atoms with Gasteiger partial charge >= 0.3 is 0 Å². The molecule has 0 aliphatic rings. The Morgan fingerprint density at radius 1 is 1.42 bits per heavy atom. The average molecular weight is 161 g/mol. The molecule has 2 aromatic heterocycles. The first-order valence-corrected chi connectivity index (χ1v) is 3.75. The molecule has 12 heavy (non-hydrogen) atoms. The summed E-state index contributed by atoms with van der Waals surface area (Å²) in [5.74, 6) is 0.729. The Morgan fingerprint density at radius 3 is 3.17 bits per heavy atom. The molecule has 60 valence electrons. The zero-order chi connectivity index (χ0) is 9.26. The van der Waals surface area contributed by atoms with Crippen LogP contribution in [-0.4, -0.2) is 19.9 Å². The van der Waals surface area contributed by atoms with Crippen molar-refractivity contribution in [1.82, 2.24) is 19.9 Å². The zero-order valence-electron chi connectivity index (χ0n) is 7.65. The fourth-order valence-corrected chi connectivity index (χ4v) is 0.934. The lowest BCUT2D eigenvalue weighted by molar-refractivity contribution is 0.948. The van der Waals surface area contributed by atoms with E-state index in [1.165, 1.54) is 6.20 Å². The lowest BCUT2D eigenvalue weighted by Crippen LogP contribution is -1.94. The van der Waals surface area contributed by atoms with E-state index in [2.05, 4.69) is 19.9 Å². The highest BCUT2D eigenvalue weighted by molar-refractivity contribution is 5.67. The van der Waals surface area contributed by atoms with Crippen LogP contribution in [0.15, 0.2) is 18.6 Å². The second-order valence-corrected chi connectivity index (χ2v) is 2.35. The minimum Gasteiger partial charge on any atom is -0.250 e. The second-order valence-electron chi connectivity index (χ2n) is 2.35. The molecule has 0 amide bonds. The molecular formula is C8H8N4. The Bertz CT molecular complexity index is 443. The molecule has 0 aliphatic carbocycles. The topological polar surface area (TPSA) is 51.6 Å². The molecule has 0 fully saturated rings. The van der Waals surface area contributed by atoms with Crippen molar-refractivity contribution >= 4 is 11.2 Å². The van der Waals surface area contributed by atoms with Crippen molar-refractivity contribution in [2.24, 2.45) is 0 Å². The van der Waals surface area contributed by atoms with Crippen LogP contribution in [-0.2, 0) is 6.42 Å². The van der Waals surface area contributed by atoms with Gasteiger partial charge in [0, 0.05) is 18.8 Å². The first-order valence-electron chi connectivity index (χ1n) is 4.25. The Hall–Kier alpha value is -1.58. The van der Waals surface area contributed by atoms with Crippen LogP contribution in [0.25, 0.3) is 11.2 Å². The molecule has 0 aromatic carbocycles. The lowest BCUT2D eigenvalue weighted by Gasteiger charge is -1.95. The molecule has 2 heterocycles. The maximum absolute atomic E-state index is 7.27. The predicted octanol–water partition coefficient (Wildman–Crippen LogP) is 0.982. The minimum atomic E-state index is 0.133. The van der Waals surface area contributed by atoms with Crippen LogP contribution in [0.3, 0.4) is 0 Å². The predicted molar refractivity (Wildman–Crippen MR) is 44.5 cm³/mol. The van der Waals surface area contributed by atoms with E-state index >= 15 is 0 Å². The summed E-state index contributed by atoms with van der Waals surface area (Å²) in [4.78, 5) is 16.1. The third kappa shape index (κ3) is 1.11. The van der Waals surface area contributed by atoms with Crippen molar-refractivity contribution in [3.63, 3.8) is 0 Å². The fourth-order valence-electron chi connectivity index (χ4n) is 0.934. The van der Waals surface area contributed by atoms with Gasteiger partial charge in [-0.2, -0.15) is 0 Å². The van der Waals surface area contributed by atoms with Gasteiger partial charge in [0.05, 0.1) is 7.57 Å². The molecule has 0 spiro atoms. The normalized spacial score (nSPS) is 11.6. The van der Waals surface area contributed by atoms with Crippen LogP contribution in [0, 0.1) is 0 Å². The molecule has 0 radical (unpaired) electrons. The standard InChI is InChI=1S/C8H8N4/c1-2-7-11-5-6-8(12-7)10-4-3-9-6/h3-5H,2H2,1H3/i4D. The largest absolute Gasteiger partial charge is 0.250 e. The first-order chi connectivity index (χ1) is 6.29. The number of rotatable bonds is 1. The molecule has 2 aromatic rings. The maximum Gasteiger partial charge on any atom is 0.181 e. The molecule has 0 saturated carbocycles. The molecule has 0 atom stereocenters. The van der Waals surface area contributed by atoms with Crippen LogP contribution < -0.4 is 0 Å². The number of aromatic nitrogens is 4. The number of fused-ring (bicyclic) bond motifs is 1. The third-order valence-electron chi connectivity index (χ3n) is 1.55. The smallest absolute Gasteiger partial charge is 0.181 e. The van der Waals surface area contributed by atoms with Crippen LogP contribution in [0.4, 0.5) is 0 Å². The highest BCUT2D eigenvalue weighted by Crippen LogP contribution is 2.02. The van der Waals surface area contributed by atoms with Gasteiger partial charge in [-0.25, -0.2) is 19.9 Å². The molecule has 0 aliphatic heterocycles. The SMILES string of the molecule is [2H]c1cnc2cnc(CC)nc2n1. The van der Waals surface area contributed by atoms with Crippen molar-refractivity contribution in [2.75, 3.05) is 0 Å². The highest BCUT2D eigenvalue weighted by Gasteiger charge is 1.97. The van der Waals surface area contributed by atoms with Crippen molar-refractivity contribution < 1.29 is 1.37 Å². The Balaban J connectivity index is 2.68. The zero-order valence-corrected chi connectivity index (χ0v) is 6.65. The van der Waals surface area contributed by atoms with Gasteiger partial charge in [-0.3, -0.25) is 0 Å². The van der Waals surface area contributed by atoms with Gasteiger partial charge in [0.25, 0.3) is 0 Å². The number of hydrogen-bond acceptors (Lipinski definition) is 4. The van der Waals surface area contributed by atoms with E-state index in [0.29, 0.717) is 11.2 Å². The van der Waals surface area contributed by atoms with Crippen molar-refractivity contribution in [3.05, 3.63) is 24.4 Å². The van der Waals surface area contributed by atoms with Crippen LogP contribution in [0.5, 0.6) is 0 Å². The summed E-state index contributed by atoms with van der Waals surface area (Å²) >= 11 is 0. The van der Waals surface area contributed by atoms with E-state index < -0.39 is 0 Å². The second kappa shape index (κ2) is 2.81. The lowest BCUT2D eigenvalue weighted by atomic mass is 10.4. The van der Waals surface area contributed by atoms with E-state index in [1.54, 1.807) is 6.20 Å². The molecule has 2 rings (SSSR count). The Labute approximate surface area is 71.1 Å². The van der Waals surface area contributed by atoms with Gasteiger partial charge in [-0.05, 0) is 0 Å². The summed E-state index contributed by atoms with van der Waals surface area (Å²) in [7, 11) is 0. The quantitative estimate of drug-likeness (QED) is 0.625. The monoisotopic (exact) mass is 161 g/mol. The summed E-state index contributed by atoms with van der Waals surface area (Å²) in [6.07, 6.45) is 3.92. The molecule has 0 unspecified atom stereocenters. The molecule has 4 nitrogen and oxygen atoms in total. The molecule has 0 bridgehead atoms. The number of aryl methyl sites for hydroxylation is 1. The van der Waals surface area contributed by atoms with Gasteiger partial charge in [-0.1, -0.05) is 6.92 Å². The summed E-state index contributed by atoms with van der Waals surface area (Å²) in [5.41, 5.74) is 1.13. The van der Waals surface area contributed by atoms with Crippen molar-refractivity contribution in [1.29, 1.82) is 0 Å². The van der Waals surface area contributed by atoms with Gasteiger partial charge < -0.3 is 0 Å². The van der Waals surface area contributed by atoms with Gasteiger partial charge in [-0.15, -0.1) is 0 Å². The Morgan fingerprint density at radius 2 is 2.33 bits per heavy atom. The molecular weight excluding hydrogens is 152 g/mol. The van der Waals surface area contributed by atoms with Crippen molar-refractivity contribution in [2.45, 2.75) is 13.3 Å². The highest BCUT2D eigenvalue weighted by atomic mass is 15.0. The van der Waals surface area contributed by atoms with Crippen LogP contribution in [0.1, 0.15) is 14.1 Å². The van der Waals surface area contributed by atoms with E-state index in [4.69, 9.17) is 1.37 Å². The third-order valence-corrected chi connectivity index (χ3v) is 1.55. The van der Waals surface area contributed by atoms with Gasteiger partial charge in [0.2, 0.25) is 0 Å². The number of hydrogen-bond donors (Lipinski definition) is 0. The van der Waals surface area contributed by atoms with Gasteiger partial charge in [0.15, 0.2) is 5.65 Å². The molecule has 4 heteroatoms. The van der Waals surface area contributed by atoms with E-state index in [1.807, 2.05) is 6.92 Å². The molecule has 0 saturated heterocycles. The first kappa shape index (κ1) is 5.99. The minimum absolute atomic E-state index is 0.133. The summed E-state index contributed by atoms with van der Waals surface area (Å²) in [6, 6.07) is 0. The average Bonchev–Trinajstić information content (AvgIpc) is 2.16. The summed E-state index contributed by atoms with van der Waals surface area (Å²) in [5, 5.41) is 0. The number of nitrogens with zero attached hydrogens (tertiary/aromatic N) is 4. The van der Waals surface area contributed by atoms with E-state index in [-0.39, 0.29) is 6.17 Å². The van der Waals surface area contributed by atoms with E-state index in [9.17, 15) is 0 Å². The van der Waals surface area contributed by atoms with Crippen LogP contribution in [0.2, 0.25) is 0 Å². The van der Waals surface area contributed by atoms with Crippen LogP contribution >= 0.6 is 0 Å². The van der Waals surface area contributed by atoms with E-state index in [0.717, 1.165) is 12.2 Å². The molecule has 0 N–H and O–H groups in total.